The molecule has 1 aromatic carbocycles. The van der Waals surface area contributed by atoms with E-state index in [1.807, 2.05) is 6.07 Å². The smallest absolute Gasteiger partial charge is 0.128 e. The summed E-state index contributed by atoms with van der Waals surface area (Å²) in [7, 11) is 0. The third kappa shape index (κ3) is 3.11. The lowest BCUT2D eigenvalue weighted by atomic mass is 10.0. The number of nitrogens with zero attached hydrogens (tertiary/aromatic N) is 1. The molecule has 18 heavy (non-hydrogen) atoms. The molecule has 0 radical (unpaired) electrons. The summed E-state index contributed by atoms with van der Waals surface area (Å²) in [5, 5.41) is 0. The van der Waals surface area contributed by atoms with Crippen LogP contribution in [0.15, 0.2) is 41.0 Å². The van der Waals surface area contributed by atoms with Crippen molar-refractivity contribution in [2.45, 2.75) is 12.5 Å². The minimum Gasteiger partial charge on any atom is -0.324 e. The molecule has 0 amide bonds. The fourth-order valence-electron chi connectivity index (χ4n) is 1.66. The number of benzene rings is 1. The Kier molecular flexibility index (Phi) is 4.04. The number of nitrogens with two attached hydrogens (primary N) is 1. The van der Waals surface area contributed by atoms with Crippen molar-refractivity contribution in [2.24, 2.45) is 5.73 Å². The van der Waals surface area contributed by atoms with E-state index in [1.165, 1.54) is 0 Å². The molecule has 0 fully saturated rings. The third-order valence-electron chi connectivity index (χ3n) is 2.58. The number of rotatable bonds is 3. The molecule has 0 aliphatic carbocycles. The quantitative estimate of drug-likeness (QED) is 0.943. The first-order chi connectivity index (χ1) is 8.56. The van der Waals surface area contributed by atoms with Gasteiger partial charge < -0.3 is 5.73 Å². The van der Waals surface area contributed by atoms with Crippen LogP contribution in [-0.2, 0) is 6.42 Å². The first-order valence-corrected chi connectivity index (χ1v) is 6.16. The maximum Gasteiger partial charge on any atom is 0.128 e. The van der Waals surface area contributed by atoms with Gasteiger partial charge in [-0.05, 0) is 46.3 Å². The van der Waals surface area contributed by atoms with Crippen molar-refractivity contribution < 1.29 is 8.78 Å². The molecule has 1 heterocycles. The largest absolute Gasteiger partial charge is 0.324 e. The van der Waals surface area contributed by atoms with Crippen molar-refractivity contribution in [1.29, 1.82) is 0 Å². The molecule has 2 rings (SSSR count). The Balaban J connectivity index is 2.18. The van der Waals surface area contributed by atoms with E-state index in [9.17, 15) is 8.78 Å². The van der Waals surface area contributed by atoms with Gasteiger partial charge in [0.1, 0.15) is 11.6 Å². The molecular formula is C13H11BrF2N2. The Labute approximate surface area is 112 Å². The molecule has 0 aliphatic rings. The molecule has 2 nitrogen and oxygen atoms in total. The van der Waals surface area contributed by atoms with Crippen LogP contribution >= 0.6 is 15.9 Å². The molecule has 0 spiro atoms. The normalized spacial score (nSPS) is 12.4. The van der Waals surface area contributed by atoms with E-state index in [-0.39, 0.29) is 5.56 Å². The number of hydrogen-bond donors (Lipinski definition) is 1. The SMILES string of the molecule is NC(Cc1ccc(Br)cn1)c1cc(F)ccc1F. The summed E-state index contributed by atoms with van der Waals surface area (Å²) in [5.74, 6) is -0.994. The second-order valence-corrected chi connectivity index (χ2v) is 4.86. The molecule has 0 saturated heterocycles. The van der Waals surface area contributed by atoms with Crippen LogP contribution in [0.25, 0.3) is 0 Å². The van der Waals surface area contributed by atoms with E-state index in [2.05, 4.69) is 20.9 Å². The van der Waals surface area contributed by atoms with Gasteiger partial charge in [-0.2, -0.15) is 0 Å². The second-order valence-electron chi connectivity index (χ2n) is 3.94. The van der Waals surface area contributed by atoms with Crippen LogP contribution < -0.4 is 5.73 Å². The fraction of sp³-hybridized carbons (Fsp3) is 0.154. The highest BCUT2D eigenvalue weighted by molar-refractivity contribution is 9.10. The summed E-state index contributed by atoms with van der Waals surface area (Å²) in [6.07, 6.45) is 2.00. The zero-order valence-electron chi connectivity index (χ0n) is 9.41. The number of halogens is 3. The Morgan fingerprint density at radius 1 is 1.22 bits per heavy atom. The zero-order valence-corrected chi connectivity index (χ0v) is 11.0. The van der Waals surface area contributed by atoms with Crippen molar-refractivity contribution in [3.63, 3.8) is 0 Å². The van der Waals surface area contributed by atoms with Gasteiger partial charge in [-0.15, -0.1) is 0 Å². The van der Waals surface area contributed by atoms with E-state index < -0.39 is 17.7 Å². The van der Waals surface area contributed by atoms with Gasteiger partial charge in [0.2, 0.25) is 0 Å². The van der Waals surface area contributed by atoms with Crippen LogP contribution in [0.1, 0.15) is 17.3 Å². The average Bonchev–Trinajstić information content (AvgIpc) is 2.35. The Bertz CT molecular complexity index is 543. The molecule has 2 aromatic rings. The standard InChI is InChI=1S/C13H11BrF2N2/c14-8-1-3-10(18-7-8)6-13(17)11-5-9(15)2-4-12(11)16/h1-5,7,13H,6,17H2. The van der Waals surface area contributed by atoms with E-state index in [0.717, 1.165) is 28.4 Å². The van der Waals surface area contributed by atoms with E-state index in [1.54, 1.807) is 12.3 Å². The highest BCUT2D eigenvalue weighted by Gasteiger charge is 2.13. The maximum atomic E-state index is 13.5. The Hall–Kier alpha value is -1.33. The van der Waals surface area contributed by atoms with Crippen molar-refractivity contribution in [3.05, 3.63) is 63.9 Å². The highest BCUT2D eigenvalue weighted by atomic mass is 79.9. The summed E-state index contributed by atoms with van der Waals surface area (Å²) in [6, 6.07) is 6.29. The molecule has 1 unspecified atom stereocenters. The van der Waals surface area contributed by atoms with Gasteiger partial charge in [-0.1, -0.05) is 0 Å². The zero-order chi connectivity index (χ0) is 13.1. The summed E-state index contributed by atoms with van der Waals surface area (Å²) in [4.78, 5) is 4.15. The minimum atomic E-state index is -0.616. The van der Waals surface area contributed by atoms with Gasteiger partial charge in [0, 0.05) is 34.4 Å². The van der Waals surface area contributed by atoms with E-state index in [0.29, 0.717) is 6.42 Å². The lowest BCUT2D eigenvalue weighted by molar-refractivity contribution is 0.559. The molecule has 2 N–H and O–H groups in total. The lowest BCUT2D eigenvalue weighted by Crippen LogP contribution is -2.16. The topological polar surface area (TPSA) is 38.9 Å². The lowest BCUT2D eigenvalue weighted by Gasteiger charge is -2.12. The van der Waals surface area contributed by atoms with Crippen molar-refractivity contribution >= 4 is 15.9 Å². The number of pyridine rings is 1. The molecule has 0 saturated carbocycles. The van der Waals surface area contributed by atoms with Gasteiger partial charge >= 0.3 is 0 Å². The van der Waals surface area contributed by atoms with Gasteiger partial charge in [0.15, 0.2) is 0 Å². The molecule has 0 bridgehead atoms. The van der Waals surface area contributed by atoms with Crippen molar-refractivity contribution in [2.75, 3.05) is 0 Å². The van der Waals surface area contributed by atoms with Crippen LogP contribution in [0.3, 0.4) is 0 Å². The molecular weight excluding hydrogens is 302 g/mol. The summed E-state index contributed by atoms with van der Waals surface area (Å²) in [5.41, 5.74) is 6.77. The highest BCUT2D eigenvalue weighted by Crippen LogP contribution is 2.20. The van der Waals surface area contributed by atoms with Crippen molar-refractivity contribution in [3.8, 4) is 0 Å². The third-order valence-corrected chi connectivity index (χ3v) is 3.04. The summed E-state index contributed by atoms with van der Waals surface area (Å²) < 4.78 is 27.4. The molecule has 1 atom stereocenters. The minimum absolute atomic E-state index is 0.166. The van der Waals surface area contributed by atoms with Gasteiger partial charge in [-0.3, -0.25) is 4.98 Å². The summed E-state index contributed by atoms with van der Waals surface area (Å²) >= 11 is 3.27. The summed E-state index contributed by atoms with van der Waals surface area (Å²) in [6.45, 7) is 0. The molecule has 5 heteroatoms. The Morgan fingerprint density at radius 2 is 2.00 bits per heavy atom. The van der Waals surface area contributed by atoms with E-state index in [4.69, 9.17) is 5.73 Å². The number of hydrogen-bond acceptors (Lipinski definition) is 2. The van der Waals surface area contributed by atoms with Crippen LogP contribution in [0.4, 0.5) is 8.78 Å². The van der Waals surface area contributed by atoms with Crippen LogP contribution in [0.2, 0.25) is 0 Å². The first kappa shape index (κ1) is 13.1. The second kappa shape index (κ2) is 5.54. The van der Waals surface area contributed by atoms with Gasteiger partial charge in [-0.25, -0.2) is 8.78 Å². The molecule has 1 aromatic heterocycles. The maximum absolute atomic E-state index is 13.5. The van der Waals surface area contributed by atoms with Crippen LogP contribution in [-0.4, -0.2) is 4.98 Å². The number of aromatic nitrogens is 1. The Morgan fingerprint density at radius 3 is 2.67 bits per heavy atom. The predicted octanol–water partition coefficient (Wildman–Crippen LogP) is 3.36. The van der Waals surface area contributed by atoms with Crippen LogP contribution in [0.5, 0.6) is 0 Å². The van der Waals surface area contributed by atoms with Crippen LogP contribution in [0, 0.1) is 11.6 Å². The predicted molar refractivity (Wildman–Crippen MR) is 68.9 cm³/mol. The van der Waals surface area contributed by atoms with Gasteiger partial charge in [0.05, 0.1) is 0 Å². The fourth-order valence-corrected chi connectivity index (χ4v) is 1.90. The van der Waals surface area contributed by atoms with Gasteiger partial charge in [0.25, 0.3) is 0 Å². The monoisotopic (exact) mass is 312 g/mol. The van der Waals surface area contributed by atoms with E-state index >= 15 is 0 Å². The van der Waals surface area contributed by atoms with Crippen molar-refractivity contribution in [1.82, 2.24) is 4.98 Å². The average molecular weight is 313 g/mol. The first-order valence-electron chi connectivity index (χ1n) is 5.37. The molecule has 94 valence electrons. The molecule has 0 aliphatic heterocycles.